The van der Waals surface area contributed by atoms with Gasteiger partial charge in [0.05, 0.1) is 12.0 Å². The van der Waals surface area contributed by atoms with Crippen LogP contribution in [0.2, 0.25) is 0 Å². The van der Waals surface area contributed by atoms with Crippen LogP contribution in [-0.2, 0) is 4.79 Å². The molecule has 0 unspecified atom stereocenters. The van der Waals surface area contributed by atoms with Gasteiger partial charge in [-0.2, -0.15) is 4.99 Å². The molecule has 0 bridgehead atoms. The highest BCUT2D eigenvalue weighted by atomic mass is 32.2. The first-order valence-electron chi connectivity index (χ1n) is 6.77. The summed E-state index contributed by atoms with van der Waals surface area (Å²) in [5, 5.41) is 9.89. The lowest BCUT2D eigenvalue weighted by molar-refractivity contribution is -0.121. The molecule has 1 aromatic heterocycles. The Labute approximate surface area is 141 Å². The normalized spacial score (nSPS) is 18.2. The summed E-state index contributed by atoms with van der Waals surface area (Å²) in [6.07, 6.45) is 1.84. The minimum Gasteiger partial charge on any atom is -0.497 e. The van der Waals surface area contributed by atoms with Gasteiger partial charge in [-0.1, -0.05) is 23.5 Å². The van der Waals surface area contributed by atoms with Gasteiger partial charge in [-0.15, -0.1) is 10.2 Å². The molecule has 6 nitrogen and oxygen atoms in total. The fourth-order valence-electron chi connectivity index (χ4n) is 1.92. The first-order valence-corrected chi connectivity index (χ1v) is 8.40. The highest BCUT2D eigenvalue weighted by Gasteiger charge is 2.30. The first-order chi connectivity index (χ1) is 11.1. The number of carbonyl (C=O) groups is 1. The number of nitrogens with zero attached hydrogens (tertiary/aromatic N) is 4. The number of likely N-dealkylation sites (N-methyl/N-ethyl adjacent to an activating group) is 1. The number of amidine groups is 1. The maximum absolute atomic E-state index is 12.3. The predicted octanol–water partition coefficient (Wildman–Crippen LogP) is 3.09. The molecule has 8 heteroatoms. The molecule has 0 aliphatic carbocycles. The van der Waals surface area contributed by atoms with E-state index < -0.39 is 0 Å². The average molecular weight is 346 g/mol. The van der Waals surface area contributed by atoms with Crippen molar-refractivity contribution in [2.45, 2.75) is 6.92 Å². The third kappa shape index (κ3) is 3.43. The van der Waals surface area contributed by atoms with Crippen molar-refractivity contribution in [2.24, 2.45) is 4.99 Å². The van der Waals surface area contributed by atoms with Gasteiger partial charge in [0.2, 0.25) is 5.13 Å². The number of aliphatic imine (C=N–C) groups is 1. The van der Waals surface area contributed by atoms with Crippen LogP contribution in [0.25, 0.3) is 6.08 Å². The average Bonchev–Trinajstić information content (AvgIpc) is 3.07. The molecule has 1 saturated heterocycles. The maximum Gasteiger partial charge on any atom is 0.266 e. The number of amides is 1. The Morgan fingerprint density at radius 2 is 2.00 bits per heavy atom. The molecule has 1 aliphatic heterocycles. The molecule has 2 heterocycles. The van der Waals surface area contributed by atoms with Gasteiger partial charge in [-0.05, 0) is 42.5 Å². The Morgan fingerprint density at radius 3 is 2.61 bits per heavy atom. The number of aryl methyl sites for hydroxylation is 1. The van der Waals surface area contributed by atoms with Crippen molar-refractivity contribution in [3.63, 3.8) is 0 Å². The fourth-order valence-corrected chi connectivity index (χ4v) is 3.50. The second-order valence-corrected chi connectivity index (χ2v) is 6.92. The zero-order valence-electron chi connectivity index (χ0n) is 12.8. The van der Waals surface area contributed by atoms with E-state index in [9.17, 15) is 4.79 Å². The van der Waals surface area contributed by atoms with Gasteiger partial charge in [-0.3, -0.25) is 9.69 Å². The van der Waals surface area contributed by atoms with E-state index in [1.54, 1.807) is 14.2 Å². The lowest BCUT2D eigenvalue weighted by Crippen LogP contribution is -2.23. The van der Waals surface area contributed by atoms with E-state index in [2.05, 4.69) is 15.2 Å². The van der Waals surface area contributed by atoms with Crippen molar-refractivity contribution >= 4 is 45.4 Å². The van der Waals surface area contributed by atoms with Crippen LogP contribution < -0.4 is 4.74 Å². The van der Waals surface area contributed by atoms with Gasteiger partial charge in [0.25, 0.3) is 5.91 Å². The van der Waals surface area contributed by atoms with E-state index in [0.29, 0.717) is 15.2 Å². The number of benzene rings is 1. The van der Waals surface area contributed by atoms with E-state index in [1.807, 2.05) is 37.3 Å². The predicted molar refractivity (Wildman–Crippen MR) is 93.1 cm³/mol. The van der Waals surface area contributed by atoms with Gasteiger partial charge in [0, 0.05) is 7.05 Å². The van der Waals surface area contributed by atoms with Crippen LogP contribution in [0.15, 0.2) is 34.2 Å². The minimum absolute atomic E-state index is 0.0780. The molecule has 118 valence electrons. The summed E-state index contributed by atoms with van der Waals surface area (Å²) in [4.78, 5) is 18.9. The molecule has 3 rings (SSSR count). The van der Waals surface area contributed by atoms with Crippen LogP contribution in [0.4, 0.5) is 5.13 Å². The number of hydrogen-bond donors (Lipinski definition) is 0. The summed E-state index contributed by atoms with van der Waals surface area (Å²) < 4.78 is 5.13. The number of carbonyl (C=O) groups excluding carboxylic acids is 1. The number of thioether (sulfide) groups is 1. The van der Waals surface area contributed by atoms with Crippen molar-refractivity contribution in [2.75, 3.05) is 14.2 Å². The van der Waals surface area contributed by atoms with Crippen LogP contribution in [0, 0.1) is 6.92 Å². The number of rotatable bonds is 3. The lowest BCUT2D eigenvalue weighted by Gasteiger charge is -2.05. The van der Waals surface area contributed by atoms with Crippen LogP contribution in [0.1, 0.15) is 10.6 Å². The summed E-state index contributed by atoms with van der Waals surface area (Å²) in [5.74, 6) is 0.703. The van der Waals surface area contributed by atoms with Crippen molar-refractivity contribution in [1.82, 2.24) is 15.1 Å². The number of aromatic nitrogens is 2. The number of hydrogen-bond acceptors (Lipinski definition) is 7. The minimum atomic E-state index is -0.0780. The van der Waals surface area contributed by atoms with E-state index in [-0.39, 0.29) is 5.91 Å². The van der Waals surface area contributed by atoms with Gasteiger partial charge in [-0.25, -0.2) is 0 Å². The molecule has 1 amide bonds. The van der Waals surface area contributed by atoms with Gasteiger partial charge < -0.3 is 4.74 Å². The molecule has 0 radical (unpaired) electrons. The molecule has 0 N–H and O–H groups in total. The van der Waals surface area contributed by atoms with E-state index in [1.165, 1.54) is 28.0 Å². The molecular formula is C15H14N4O2S2. The van der Waals surface area contributed by atoms with Crippen molar-refractivity contribution < 1.29 is 9.53 Å². The summed E-state index contributed by atoms with van der Waals surface area (Å²) in [7, 11) is 3.33. The molecule has 2 aromatic rings. The molecular weight excluding hydrogens is 332 g/mol. The van der Waals surface area contributed by atoms with Crippen molar-refractivity contribution in [3.8, 4) is 5.75 Å². The summed E-state index contributed by atoms with van der Waals surface area (Å²) >= 11 is 2.72. The number of ether oxygens (including phenoxy) is 1. The monoisotopic (exact) mass is 346 g/mol. The third-order valence-corrected chi connectivity index (χ3v) is 4.92. The Balaban J connectivity index is 1.85. The largest absolute Gasteiger partial charge is 0.497 e. The van der Waals surface area contributed by atoms with Gasteiger partial charge >= 0.3 is 0 Å². The highest BCUT2D eigenvalue weighted by Crippen LogP contribution is 2.33. The molecule has 1 aliphatic rings. The topological polar surface area (TPSA) is 67.7 Å². The van der Waals surface area contributed by atoms with Crippen LogP contribution >= 0.6 is 23.1 Å². The Morgan fingerprint density at radius 1 is 1.26 bits per heavy atom. The van der Waals surface area contributed by atoms with Crippen LogP contribution in [-0.4, -0.2) is 40.3 Å². The smallest absolute Gasteiger partial charge is 0.266 e. The Bertz CT molecular complexity index is 796. The Hall–Kier alpha value is -2.19. The SMILES string of the molecule is COc1ccc(/C=C2\S/C(=N/c3nnc(C)s3)N(C)C2=O)cc1. The lowest BCUT2D eigenvalue weighted by atomic mass is 10.2. The quantitative estimate of drug-likeness (QED) is 0.799. The third-order valence-electron chi connectivity index (χ3n) is 3.12. The Kier molecular flexibility index (Phi) is 4.44. The zero-order chi connectivity index (χ0) is 16.4. The second kappa shape index (κ2) is 6.51. The highest BCUT2D eigenvalue weighted by molar-refractivity contribution is 8.18. The van der Waals surface area contributed by atoms with Gasteiger partial charge in [0.15, 0.2) is 5.17 Å². The summed E-state index contributed by atoms with van der Waals surface area (Å²) in [5.41, 5.74) is 0.933. The zero-order valence-corrected chi connectivity index (χ0v) is 14.4. The van der Waals surface area contributed by atoms with Crippen LogP contribution in [0.5, 0.6) is 5.75 Å². The van der Waals surface area contributed by atoms with Crippen LogP contribution in [0.3, 0.4) is 0 Å². The standard InChI is InChI=1S/C15H14N4O2S2/c1-9-17-18-14(22-9)16-15-19(2)13(20)12(23-15)8-10-4-6-11(21-3)7-5-10/h4-8H,1-3H3/b12-8-,16-15+. The van der Waals surface area contributed by atoms with E-state index in [4.69, 9.17) is 4.74 Å². The van der Waals surface area contributed by atoms with E-state index >= 15 is 0 Å². The summed E-state index contributed by atoms with van der Waals surface area (Å²) in [6, 6.07) is 7.53. The van der Waals surface area contributed by atoms with E-state index in [0.717, 1.165) is 16.3 Å². The molecule has 0 spiro atoms. The molecule has 0 atom stereocenters. The molecule has 23 heavy (non-hydrogen) atoms. The molecule has 1 aromatic carbocycles. The van der Waals surface area contributed by atoms with Crippen molar-refractivity contribution in [3.05, 3.63) is 39.7 Å². The number of methoxy groups -OCH3 is 1. The second-order valence-electron chi connectivity index (χ2n) is 4.75. The first kappa shape index (κ1) is 15.7. The van der Waals surface area contributed by atoms with Crippen molar-refractivity contribution in [1.29, 1.82) is 0 Å². The summed E-state index contributed by atoms with van der Waals surface area (Å²) in [6.45, 7) is 1.87. The maximum atomic E-state index is 12.3. The molecule has 0 saturated carbocycles. The fraction of sp³-hybridized carbons (Fsp3) is 0.200. The van der Waals surface area contributed by atoms with Gasteiger partial charge in [0.1, 0.15) is 10.8 Å². The molecule has 1 fully saturated rings.